The van der Waals surface area contributed by atoms with Crippen molar-refractivity contribution in [3.8, 4) is 0 Å². The second-order valence-electron chi connectivity index (χ2n) is 6.14. The Morgan fingerprint density at radius 1 is 1.31 bits per heavy atom. The highest BCUT2D eigenvalue weighted by molar-refractivity contribution is 7.12. The fraction of sp³-hybridized carbons (Fsp3) is 0.211. The number of rotatable bonds is 4. The summed E-state index contributed by atoms with van der Waals surface area (Å²) < 4.78 is 7.32. The molecule has 4 rings (SSSR count). The Hall–Kier alpha value is -2.93. The Morgan fingerprint density at radius 3 is 2.85 bits per heavy atom. The molecule has 2 aromatic heterocycles. The Bertz CT molecular complexity index is 947. The fourth-order valence-electron chi connectivity index (χ4n) is 3.08. The van der Waals surface area contributed by atoms with Crippen LogP contribution >= 0.6 is 11.3 Å². The van der Waals surface area contributed by atoms with Gasteiger partial charge in [0.05, 0.1) is 0 Å². The number of thiophene rings is 1. The zero-order valence-corrected chi connectivity index (χ0v) is 15.1. The molecule has 0 saturated carbocycles. The third kappa shape index (κ3) is 3.01. The molecule has 26 heavy (non-hydrogen) atoms. The van der Waals surface area contributed by atoms with Crippen molar-refractivity contribution in [1.82, 2.24) is 14.8 Å². The van der Waals surface area contributed by atoms with E-state index >= 15 is 0 Å². The summed E-state index contributed by atoms with van der Waals surface area (Å²) in [6, 6.07) is 13.4. The Balaban J connectivity index is 1.64. The van der Waals surface area contributed by atoms with Gasteiger partial charge in [-0.1, -0.05) is 36.9 Å². The van der Waals surface area contributed by atoms with Crippen molar-refractivity contribution < 1.29 is 9.53 Å². The SMILES string of the molecule is C=C1Nc2ncnn2[C@@H](c2ccc(C)s2)[C@H]1C(=O)OCc1ccccc1. The minimum Gasteiger partial charge on any atom is -0.460 e. The number of ether oxygens (including phenoxy) is 1. The van der Waals surface area contributed by atoms with Crippen LogP contribution in [0.2, 0.25) is 0 Å². The summed E-state index contributed by atoms with van der Waals surface area (Å²) in [5.41, 5.74) is 1.51. The number of carbonyl (C=O) groups is 1. The quantitative estimate of drug-likeness (QED) is 0.715. The van der Waals surface area contributed by atoms with Gasteiger partial charge in [-0.25, -0.2) is 4.68 Å². The molecule has 1 aliphatic heterocycles. The molecule has 0 bridgehead atoms. The number of anilines is 1. The van der Waals surface area contributed by atoms with Crippen LogP contribution in [0.15, 0.2) is 61.1 Å². The third-order valence-electron chi connectivity index (χ3n) is 4.33. The number of aromatic nitrogens is 3. The lowest BCUT2D eigenvalue weighted by Gasteiger charge is -2.32. The summed E-state index contributed by atoms with van der Waals surface area (Å²) in [5, 5.41) is 7.38. The Kier molecular flexibility index (Phi) is 4.30. The first-order valence-corrected chi connectivity index (χ1v) is 9.07. The number of hydrogen-bond acceptors (Lipinski definition) is 6. The Labute approximate surface area is 155 Å². The number of fused-ring (bicyclic) bond motifs is 1. The van der Waals surface area contributed by atoms with Crippen LogP contribution in [-0.2, 0) is 16.1 Å². The van der Waals surface area contributed by atoms with Crippen LogP contribution < -0.4 is 5.32 Å². The van der Waals surface area contributed by atoms with Gasteiger partial charge in [-0.3, -0.25) is 4.79 Å². The maximum absolute atomic E-state index is 12.9. The third-order valence-corrected chi connectivity index (χ3v) is 5.40. The standard InChI is InChI=1S/C19H18N4O2S/c1-12-8-9-15(26-12)17-16(13(2)22-19-20-11-21-23(17)19)18(24)25-10-14-6-4-3-5-7-14/h3-9,11,16-17H,2,10H2,1H3,(H,20,21,22)/t16-,17-/m0/s1. The highest BCUT2D eigenvalue weighted by atomic mass is 32.1. The highest BCUT2D eigenvalue weighted by Gasteiger charge is 2.41. The number of nitrogens with zero attached hydrogens (tertiary/aromatic N) is 3. The average Bonchev–Trinajstić information content (AvgIpc) is 3.28. The lowest BCUT2D eigenvalue weighted by molar-refractivity contribution is -0.149. The first kappa shape index (κ1) is 16.5. The van der Waals surface area contributed by atoms with Gasteiger partial charge in [-0.15, -0.1) is 11.3 Å². The summed E-state index contributed by atoms with van der Waals surface area (Å²) in [4.78, 5) is 19.3. The minimum atomic E-state index is -0.578. The lowest BCUT2D eigenvalue weighted by atomic mass is 9.93. The van der Waals surface area contributed by atoms with Crippen molar-refractivity contribution in [2.45, 2.75) is 19.6 Å². The van der Waals surface area contributed by atoms with Gasteiger partial charge in [-0.2, -0.15) is 10.1 Å². The maximum atomic E-state index is 12.9. The number of hydrogen-bond donors (Lipinski definition) is 1. The van der Waals surface area contributed by atoms with E-state index in [9.17, 15) is 4.79 Å². The van der Waals surface area contributed by atoms with Crippen LogP contribution in [0, 0.1) is 12.8 Å². The van der Waals surface area contributed by atoms with Gasteiger partial charge in [-0.05, 0) is 24.6 Å². The van der Waals surface area contributed by atoms with Crippen molar-refractivity contribution in [1.29, 1.82) is 0 Å². The van der Waals surface area contributed by atoms with E-state index in [2.05, 4.69) is 22.0 Å². The van der Waals surface area contributed by atoms with Crippen molar-refractivity contribution in [3.63, 3.8) is 0 Å². The molecule has 0 radical (unpaired) electrons. The predicted molar refractivity (Wildman–Crippen MR) is 99.7 cm³/mol. The molecule has 7 heteroatoms. The molecular formula is C19H18N4O2S. The first-order valence-electron chi connectivity index (χ1n) is 8.25. The van der Waals surface area contributed by atoms with Crippen molar-refractivity contribution >= 4 is 23.3 Å². The molecule has 3 heterocycles. The van der Waals surface area contributed by atoms with E-state index in [0.29, 0.717) is 11.6 Å². The number of aryl methyl sites for hydroxylation is 1. The molecule has 0 fully saturated rings. The summed E-state index contributed by atoms with van der Waals surface area (Å²) >= 11 is 1.63. The van der Waals surface area contributed by atoms with Crippen LogP contribution in [0.25, 0.3) is 0 Å². The number of nitrogens with one attached hydrogen (secondary N) is 1. The summed E-state index contributed by atoms with van der Waals surface area (Å²) in [7, 11) is 0. The second-order valence-corrected chi connectivity index (χ2v) is 7.46. The molecule has 0 aliphatic carbocycles. The van der Waals surface area contributed by atoms with Gasteiger partial charge in [0.25, 0.3) is 0 Å². The van der Waals surface area contributed by atoms with Gasteiger partial charge < -0.3 is 10.1 Å². The summed E-state index contributed by atoms with van der Waals surface area (Å²) in [6.07, 6.45) is 1.47. The number of esters is 1. The van der Waals surface area contributed by atoms with Crippen LogP contribution in [0.1, 0.15) is 21.4 Å². The zero-order valence-electron chi connectivity index (χ0n) is 14.3. The van der Waals surface area contributed by atoms with E-state index in [4.69, 9.17) is 4.74 Å². The first-order chi connectivity index (χ1) is 12.6. The molecule has 0 saturated heterocycles. The van der Waals surface area contributed by atoms with Gasteiger partial charge >= 0.3 is 5.97 Å². The molecule has 1 N–H and O–H groups in total. The van der Waals surface area contributed by atoms with E-state index in [1.165, 1.54) is 11.2 Å². The second kappa shape index (κ2) is 6.76. The molecule has 0 amide bonds. The van der Waals surface area contributed by atoms with Crippen molar-refractivity contribution in [2.24, 2.45) is 5.92 Å². The van der Waals surface area contributed by atoms with E-state index in [0.717, 1.165) is 10.4 Å². The smallest absolute Gasteiger partial charge is 0.317 e. The van der Waals surface area contributed by atoms with E-state index in [1.54, 1.807) is 16.0 Å². The van der Waals surface area contributed by atoms with Crippen LogP contribution in [0.3, 0.4) is 0 Å². The van der Waals surface area contributed by atoms with Crippen molar-refractivity contribution in [3.05, 3.63) is 76.4 Å². The molecule has 6 nitrogen and oxygen atoms in total. The molecule has 132 valence electrons. The molecule has 3 aromatic rings. The van der Waals surface area contributed by atoms with Crippen LogP contribution in [-0.4, -0.2) is 20.7 Å². The molecule has 0 spiro atoms. The molecule has 1 aliphatic rings. The van der Waals surface area contributed by atoms with E-state index in [-0.39, 0.29) is 18.6 Å². The van der Waals surface area contributed by atoms with Gasteiger partial charge in [0.1, 0.15) is 24.9 Å². The van der Waals surface area contributed by atoms with Crippen LogP contribution in [0.5, 0.6) is 0 Å². The largest absolute Gasteiger partial charge is 0.460 e. The maximum Gasteiger partial charge on any atom is 0.317 e. The highest BCUT2D eigenvalue weighted by Crippen LogP contribution is 2.40. The number of benzene rings is 1. The number of carbonyl (C=O) groups excluding carboxylic acids is 1. The molecular weight excluding hydrogens is 348 g/mol. The molecule has 1 aromatic carbocycles. The van der Waals surface area contributed by atoms with Crippen molar-refractivity contribution in [2.75, 3.05) is 5.32 Å². The van der Waals surface area contributed by atoms with E-state index < -0.39 is 5.92 Å². The van der Waals surface area contributed by atoms with E-state index in [1.807, 2.05) is 49.4 Å². The summed E-state index contributed by atoms with van der Waals surface area (Å²) in [6.45, 7) is 6.31. The normalized spacial score (nSPS) is 18.9. The summed E-state index contributed by atoms with van der Waals surface area (Å²) in [5.74, 6) is -0.326. The Morgan fingerprint density at radius 2 is 2.12 bits per heavy atom. The topological polar surface area (TPSA) is 69.0 Å². The zero-order chi connectivity index (χ0) is 18.1. The molecule has 0 unspecified atom stereocenters. The fourth-order valence-corrected chi connectivity index (χ4v) is 4.08. The van der Waals surface area contributed by atoms with Gasteiger partial charge in [0.2, 0.25) is 5.95 Å². The van der Waals surface area contributed by atoms with Crippen LogP contribution in [0.4, 0.5) is 5.95 Å². The molecule has 2 atom stereocenters. The monoisotopic (exact) mass is 366 g/mol. The van der Waals surface area contributed by atoms with Gasteiger partial charge in [0.15, 0.2) is 0 Å². The minimum absolute atomic E-state index is 0.226. The lowest BCUT2D eigenvalue weighted by Crippen LogP contribution is -2.37. The average molecular weight is 366 g/mol. The predicted octanol–water partition coefficient (Wildman–Crippen LogP) is 3.54. The van der Waals surface area contributed by atoms with Gasteiger partial charge in [0, 0.05) is 15.5 Å².